The number of nitriles is 2. The Morgan fingerprint density at radius 1 is 0.427 bits per heavy atom. The van der Waals surface area contributed by atoms with Gasteiger partial charge in [0.25, 0.3) is 0 Å². The van der Waals surface area contributed by atoms with E-state index in [0.29, 0.717) is 72.6 Å². The molecule has 348 valence electrons. The van der Waals surface area contributed by atoms with Crippen LogP contribution in [-0.2, 0) is 6.18 Å². The summed E-state index contributed by atoms with van der Waals surface area (Å²) in [6.07, 6.45) is -4.69. The molecule has 0 aliphatic heterocycles. The lowest BCUT2D eigenvalue weighted by Crippen LogP contribution is -2.08. The van der Waals surface area contributed by atoms with Crippen molar-refractivity contribution in [2.45, 2.75) is 13.1 Å². The highest BCUT2D eigenvalue weighted by atomic mass is 19.4. The van der Waals surface area contributed by atoms with Crippen molar-refractivity contribution >= 4 is 72.0 Å². The third-order valence-electron chi connectivity index (χ3n) is 13.6. The number of hydrogen-bond donors (Lipinski definition) is 0. The number of halogens is 3. The average molecular weight is 970 g/mol. The van der Waals surface area contributed by atoms with Crippen molar-refractivity contribution in [2.75, 3.05) is 0 Å². The molecule has 0 atom stereocenters. The smallest absolute Gasteiger partial charge is 0.310 e. The van der Waals surface area contributed by atoms with Crippen molar-refractivity contribution in [3.8, 4) is 68.0 Å². The summed E-state index contributed by atoms with van der Waals surface area (Å²) in [7, 11) is 0. The van der Waals surface area contributed by atoms with Crippen molar-refractivity contribution in [1.29, 1.82) is 10.5 Å². The fourth-order valence-electron chi connectivity index (χ4n) is 10.5. The maximum Gasteiger partial charge on any atom is 0.417 e. The monoisotopic (exact) mass is 969 g/mol. The van der Waals surface area contributed by atoms with Crippen LogP contribution in [0.3, 0.4) is 0 Å². The van der Waals surface area contributed by atoms with Gasteiger partial charge in [0.15, 0.2) is 28.4 Å². The molecule has 0 unspecified atom stereocenters. The van der Waals surface area contributed by atoms with Crippen LogP contribution in [0.2, 0.25) is 0 Å². The normalized spacial score (nSPS) is 11.1. The quantitative estimate of drug-likeness (QED) is 0.156. The average Bonchev–Trinajstić information content (AvgIpc) is 3.95. The van der Waals surface area contributed by atoms with Crippen molar-refractivity contribution in [3.05, 3.63) is 243 Å². The SMILES string of the molecule is [C-]#[N+]c1cc(C#N)c(-c2ccc3c(c2)c2ccccc2n3-c2ccc(-c3c(C)cccc3C(F)(F)F)cc2-c2ccc([N+]#[C-])cc2-n2c3ccccc3c3cc(-c4c(C#N)cc([N+]#[C-])cc4[N+]#[C-])ccc32)c([N+]#[C-])c1. The molecule has 0 amide bonds. The molecule has 9 nitrogen and oxygen atoms in total. The first kappa shape index (κ1) is 46.2. The summed E-state index contributed by atoms with van der Waals surface area (Å²) in [5, 5.41) is 23.7. The number of para-hydroxylation sites is 2. The van der Waals surface area contributed by atoms with Crippen molar-refractivity contribution in [2.24, 2.45) is 0 Å². The lowest BCUT2D eigenvalue weighted by molar-refractivity contribution is -0.137. The van der Waals surface area contributed by atoms with Crippen LogP contribution in [0.5, 0.6) is 0 Å². The van der Waals surface area contributed by atoms with E-state index >= 15 is 13.2 Å². The molecule has 0 N–H and O–H groups in total. The molecule has 0 saturated carbocycles. The van der Waals surface area contributed by atoms with Gasteiger partial charge in [-0.15, -0.1) is 0 Å². The maximum atomic E-state index is 15.0. The van der Waals surface area contributed by atoms with Gasteiger partial charge >= 0.3 is 6.18 Å². The molecule has 0 fully saturated rings. The summed E-state index contributed by atoms with van der Waals surface area (Å²) in [6, 6.07) is 51.5. The highest BCUT2D eigenvalue weighted by molar-refractivity contribution is 6.13. The summed E-state index contributed by atoms with van der Waals surface area (Å²) >= 11 is 0. The number of nitrogens with zero attached hydrogens (tertiary/aromatic N) is 9. The Morgan fingerprint density at radius 2 is 0.920 bits per heavy atom. The molecule has 2 heterocycles. The van der Waals surface area contributed by atoms with E-state index in [9.17, 15) is 10.5 Å². The van der Waals surface area contributed by atoms with E-state index in [1.54, 1.807) is 37.3 Å². The van der Waals surface area contributed by atoms with Gasteiger partial charge in [-0.05, 0) is 108 Å². The molecular formula is C63H30F3N9. The van der Waals surface area contributed by atoms with Crippen molar-refractivity contribution < 1.29 is 13.2 Å². The maximum absolute atomic E-state index is 15.0. The second kappa shape index (κ2) is 17.9. The van der Waals surface area contributed by atoms with E-state index in [2.05, 4.69) is 36.4 Å². The Kier molecular flexibility index (Phi) is 11.0. The molecule has 11 aromatic rings. The molecule has 11 rings (SSSR count). The zero-order chi connectivity index (χ0) is 52.3. The number of alkyl halides is 3. The third-order valence-corrected chi connectivity index (χ3v) is 13.6. The minimum Gasteiger partial charge on any atom is -0.310 e. The highest BCUT2D eigenvalue weighted by Crippen LogP contribution is 2.48. The van der Waals surface area contributed by atoms with Gasteiger partial charge in [0.05, 0.1) is 78.3 Å². The molecule has 2 aromatic heterocycles. The first-order chi connectivity index (χ1) is 36.4. The molecular weight excluding hydrogens is 940 g/mol. The summed E-state index contributed by atoms with van der Waals surface area (Å²) in [6.45, 7) is 41.0. The van der Waals surface area contributed by atoms with Gasteiger partial charge in [0, 0.05) is 60.6 Å². The lowest BCUT2D eigenvalue weighted by Gasteiger charge is -2.22. The Hall–Kier alpha value is -11.2. The largest absolute Gasteiger partial charge is 0.417 e. The van der Waals surface area contributed by atoms with Crippen LogP contribution in [0.15, 0.2) is 164 Å². The van der Waals surface area contributed by atoms with E-state index in [4.69, 9.17) is 32.9 Å². The van der Waals surface area contributed by atoms with E-state index in [1.165, 1.54) is 30.3 Å². The molecule has 0 radical (unpaired) electrons. The van der Waals surface area contributed by atoms with Gasteiger partial charge in [-0.25, -0.2) is 24.2 Å². The number of benzene rings is 9. The number of aryl methyl sites for hydroxylation is 1. The zero-order valence-electron chi connectivity index (χ0n) is 39.2. The van der Waals surface area contributed by atoms with Crippen LogP contribution >= 0.6 is 0 Å². The van der Waals surface area contributed by atoms with Gasteiger partial charge < -0.3 is 9.13 Å². The van der Waals surface area contributed by atoms with Crippen molar-refractivity contribution in [3.63, 3.8) is 0 Å². The first-order valence-electron chi connectivity index (χ1n) is 23.0. The third kappa shape index (κ3) is 7.43. The van der Waals surface area contributed by atoms with Crippen LogP contribution in [0, 0.1) is 62.4 Å². The second-order valence-corrected chi connectivity index (χ2v) is 17.7. The van der Waals surface area contributed by atoms with E-state index in [1.807, 2.05) is 106 Å². The van der Waals surface area contributed by atoms with Gasteiger partial charge in [-0.2, -0.15) is 23.7 Å². The zero-order valence-corrected chi connectivity index (χ0v) is 39.2. The summed E-state index contributed by atoms with van der Waals surface area (Å²) in [5.74, 6) is 0. The number of hydrogen-bond acceptors (Lipinski definition) is 2. The van der Waals surface area contributed by atoms with Crippen LogP contribution in [-0.4, -0.2) is 9.13 Å². The topological polar surface area (TPSA) is 79.2 Å². The fraction of sp³-hybridized carbons (Fsp3) is 0.0317. The summed E-state index contributed by atoms with van der Waals surface area (Å²) in [5.41, 5.74) is 8.35. The standard InChI is InChI=1S/C63H30F3N9/c1-36-12-11-15-51(63(64,65)66)60(36)37-18-23-57(74-54-16-9-7-13-45(54)48-29-38(19-24-56(48)74)61-40(34-67)26-43(70-3)31-52(61)72-5)50(28-37)47-22-21-42(69-2)33-59(47)75-55-17-10-8-14-46(55)49-30-39(20-25-58(49)75)62-41(35-68)27-44(71-4)32-53(62)73-6/h7-33H,1H3. The molecule has 0 aliphatic rings. The fourth-order valence-corrected chi connectivity index (χ4v) is 10.5. The van der Waals surface area contributed by atoms with Gasteiger partial charge in [0.1, 0.15) is 0 Å². The van der Waals surface area contributed by atoms with E-state index in [-0.39, 0.29) is 39.4 Å². The minimum atomic E-state index is -4.69. The summed E-state index contributed by atoms with van der Waals surface area (Å²) < 4.78 is 49.2. The minimum absolute atomic E-state index is 0.0153. The molecule has 0 saturated heterocycles. The van der Waals surface area contributed by atoms with Gasteiger partial charge in [0.2, 0.25) is 0 Å². The Morgan fingerprint density at radius 3 is 1.43 bits per heavy atom. The van der Waals surface area contributed by atoms with Crippen molar-refractivity contribution in [1.82, 2.24) is 9.13 Å². The highest BCUT2D eigenvalue weighted by Gasteiger charge is 2.35. The molecule has 75 heavy (non-hydrogen) atoms. The molecule has 9 aromatic carbocycles. The van der Waals surface area contributed by atoms with Crippen LogP contribution in [0.1, 0.15) is 22.3 Å². The van der Waals surface area contributed by atoms with E-state index in [0.717, 1.165) is 38.6 Å². The van der Waals surface area contributed by atoms with Gasteiger partial charge in [-0.1, -0.05) is 91.0 Å². The molecule has 12 heteroatoms. The van der Waals surface area contributed by atoms with E-state index < -0.39 is 11.7 Å². The number of fused-ring (bicyclic) bond motifs is 6. The Balaban J connectivity index is 1.23. The van der Waals surface area contributed by atoms with Crippen LogP contribution < -0.4 is 0 Å². The Bertz CT molecular complexity index is 4570. The molecule has 0 aliphatic carbocycles. The lowest BCUT2D eigenvalue weighted by atomic mass is 9.90. The Labute approximate surface area is 427 Å². The number of aromatic nitrogens is 2. The first-order valence-corrected chi connectivity index (χ1v) is 23.0. The summed E-state index contributed by atoms with van der Waals surface area (Å²) in [4.78, 5) is 18.2. The van der Waals surface area contributed by atoms with Crippen LogP contribution in [0.25, 0.3) is 124 Å². The number of rotatable bonds is 6. The van der Waals surface area contributed by atoms with Crippen LogP contribution in [0.4, 0.5) is 41.6 Å². The predicted octanol–water partition coefficient (Wildman–Crippen LogP) is 18.4. The molecule has 0 bridgehead atoms. The second-order valence-electron chi connectivity index (χ2n) is 17.7. The molecule has 0 spiro atoms. The predicted molar refractivity (Wildman–Crippen MR) is 287 cm³/mol. The van der Waals surface area contributed by atoms with Gasteiger partial charge in [-0.3, -0.25) is 0 Å².